The van der Waals surface area contributed by atoms with E-state index >= 15 is 0 Å². The molecule has 0 atom stereocenters. The summed E-state index contributed by atoms with van der Waals surface area (Å²) in [5.74, 6) is 0. The molecule has 0 aliphatic heterocycles. The molecule has 0 aromatic heterocycles. The van der Waals surface area contributed by atoms with Crippen molar-refractivity contribution in [1.29, 1.82) is 0 Å². The van der Waals surface area contributed by atoms with E-state index in [4.69, 9.17) is 0 Å². The van der Waals surface area contributed by atoms with Crippen LogP contribution in [0.2, 0.25) is 0 Å². The number of alkyl halides is 1. The normalized spacial score (nSPS) is 9.00. The third-order valence-corrected chi connectivity index (χ3v) is 1.06. The van der Waals surface area contributed by atoms with E-state index < -0.39 is 0 Å². The van der Waals surface area contributed by atoms with Gasteiger partial charge in [-0.3, -0.25) is 0 Å². The van der Waals surface area contributed by atoms with E-state index in [-0.39, 0.29) is 0 Å². The summed E-state index contributed by atoms with van der Waals surface area (Å²) in [7, 11) is 0. The molecular weight excluding hydrogens is 189 g/mol. The monoisotopic (exact) mass is 199 g/mol. The third kappa shape index (κ3) is 4.69. The molecule has 0 aromatic rings. The van der Waals surface area contributed by atoms with Gasteiger partial charge in [0.2, 0.25) is 0 Å². The van der Waals surface area contributed by atoms with Crippen molar-refractivity contribution in [2.45, 2.75) is 13.3 Å². The van der Waals surface area contributed by atoms with Crippen LogP contribution in [0.25, 0.3) is 0 Å². The summed E-state index contributed by atoms with van der Waals surface area (Å²) in [6.07, 6.45) is 1.24. The molecule has 1 N–H and O–H groups in total. The van der Waals surface area contributed by atoms with E-state index in [1.807, 2.05) is 0 Å². The lowest BCUT2D eigenvalue weighted by atomic mass is 10.5. The van der Waals surface area contributed by atoms with Gasteiger partial charge < -0.3 is 5.32 Å². The molecule has 0 spiro atoms. The molecule has 1 nitrogen and oxygen atoms in total. The zero-order chi connectivity index (χ0) is 4.83. The highest BCUT2D eigenvalue weighted by Gasteiger charge is 1.72. The van der Waals surface area contributed by atoms with Crippen LogP contribution in [-0.2, 0) is 0 Å². The maximum atomic E-state index is 3.18. The molecule has 0 saturated heterocycles. The van der Waals surface area contributed by atoms with Crippen molar-refractivity contribution in [3.63, 3.8) is 0 Å². The lowest BCUT2D eigenvalue weighted by Gasteiger charge is -1.90. The van der Waals surface area contributed by atoms with Gasteiger partial charge in [0.25, 0.3) is 0 Å². The highest BCUT2D eigenvalue weighted by Crippen LogP contribution is 1.74. The Bertz CT molecular complexity index is 19.5. The molecule has 0 amide bonds. The molecule has 0 aliphatic carbocycles. The molecule has 0 aromatic carbocycles. The molecule has 0 saturated carbocycles. The first kappa shape index (κ1) is 6.69. The van der Waals surface area contributed by atoms with E-state index in [9.17, 15) is 0 Å². The average molecular weight is 199 g/mol. The largest absolute Gasteiger partial charge is 0.308 e. The molecule has 2 heteroatoms. The van der Waals surface area contributed by atoms with Crippen molar-refractivity contribution < 1.29 is 0 Å². The standard InChI is InChI=1S/C4H10IN/c1-2-3-6-4-5/h6H,2-4H2,1H3. The molecular formula is C4H10IN. The second kappa shape index (κ2) is 5.69. The van der Waals surface area contributed by atoms with Gasteiger partial charge >= 0.3 is 0 Å². The molecule has 0 radical (unpaired) electrons. The third-order valence-electron chi connectivity index (χ3n) is 0.521. The summed E-state index contributed by atoms with van der Waals surface area (Å²) in [5, 5.41) is 3.18. The average Bonchev–Trinajstić information content (AvgIpc) is 1.61. The van der Waals surface area contributed by atoms with Gasteiger partial charge in [0.1, 0.15) is 0 Å². The number of halogens is 1. The van der Waals surface area contributed by atoms with Gasteiger partial charge in [-0.1, -0.05) is 29.5 Å². The van der Waals surface area contributed by atoms with Crippen LogP contribution in [0.3, 0.4) is 0 Å². The van der Waals surface area contributed by atoms with Crippen LogP contribution in [-0.4, -0.2) is 11.1 Å². The maximum Gasteiger partial charge on any atom is 0.0479 e. The van der Waals surface area contributed by atoms with Crippen molar-refractivity contribution in [2.24, 2.45) is 0 Å². The first-order valence-electron chi connectivity index (χ1n) is 2.18. The molecule has 0 fully saturated rings. The van der Waals surface area contributed by atoms with E-state index in [1.165, 1.54) is 6.42 Å². The Kier molecular flexibility index (Phi) is 6.34. The molecule has 0 bridgehead atoms. The highest BCUT2D eigenvalue weighted by molar-refractivity contribution is 14.1. The van der Waals surface area contributed by atoms with Crippen molar-refractivity contribution in [3.05, 3.63) is 0 Å². The minimum Gasteiger partial charge on any atom is -0.308 e. The van der Waals surface area contributed by atoms with Crippen LogP contribution in [0.15, 0.2) is 0 Å². The topological polar surface area (TPSA) is 12.0 Å². The quantitative estimate of drug-likeness (QED) is 0.313. The lowest BCUT2D eigenvalue weighted by molar-refractivity contribution is 0.765. The minimum atomic E-state index is 1.08. The summed E-state index contributed by atoms with van der Waals surface area (Å²) in [6, 6.07) is 0. The van der Waals surface area contributed by atoms with Crippen LogP contribution < -0.4 is 5.32 Å². The SMILES string of the molecule is CCCNCI. The fourth-order valence-corrected chi connectivity index (χ4v) is 0.625. The van der Waals surface area contributed by atoms with Crippen molar-refractivity contribution >= 4 is 22.6 Å². The molecule has 0 unspecified atom stereocenters. The van der Waals surface area contributed by atoms with Gasteiger partial charge in [0.05, 0.1) is 0 Å². The van der Waals surface area contributed by atoms with Crippen LogP contribution >= 0.6 is 22.6 Å². The summed E-state index contributed by atoms with van der Waals surface area (Å²) < 4.78 is 1.08. The highest BCUT2D eigenvalue weighted by atomic mass is 127. The Balaban J connectivity index is 2.34. The van der Waals surface area contributed by atoms with Crippen molar-refractivity contribution in [2.75, 3.05) is 11.1 Å². The Hall–Kier alpha value is 0.690. The summed E-state index contributed by atoms with van der Waals surface area (Å²) in [6.45, 7) is 3.32. The first-order chi connectivity index (χ1) is 2.91. The Labute approximate surface area is 52.6 Å². The Morgan fingerprint density at radius 1 is 1.67 bits per heavy atom. The Morgan fingerprint density at radius 3 is 2.50 bits per heavy atom. The van der Waals surface area contributed by atoms with E-state index in [0.717, 1.165) is 11.1 Å². The fourth-order valence-electron chi connectivity index (χ4n) is 0.244. The lowest BCUT2D eigenvalue weighted by Crippen LogP contribution is -2.10. The Morgan fingerprint density at radius 2 is 2.33 bits per heavy atom. The maximum absolute atomic E-state index is 3.18. The second-order valence-corrected chi connectivity index (χ2v) is 1.90. The molecule has 6 heavy (non-hydrogen) atoms. The molecule has 0 heterocycles. The zero-order valence-corrected chi connectivity index (χ0v) is 6.16. The molecule has 0 aliphatic rings. The van der Waals surface area contributed by atoms with Crippen molar-refractivity contribution in [1.82, 2.24) is 5.32 Å². The van der Waals surface area contributed by atoms with Crippen LogP contribution in [0, 0.1) is 0 Å². The van der Waals surface area contributed by atoms with Gasteiger partial charge in [0, 0.05) is 4.55 Å². The van der Waals surface area contributed by atoms with E-state index in [2.05, 4.69) is 34.8 Å². The summed E-state index contributed by atoms with van der Waals surface area (Å²) in [5.41, 5.74) is 0. The fraction of sp³-hybridized carbons (Fsp3) is 1.00. The van der Waals surface area contributed by atoms with Crippen LogP contribution in [0.5, 0.6) is 0 Å². The van der Waals surface area contributed by atoms with E-state index in [0.29, 0.717) is 0 Å². The zero-order valence-electron chi connectivity index (χ0n) is 4.00. The molecule has 38 valence electrons. The number of hydrogen-bond donors (Lipinski definition) is 1. The summed E-state index contributed by atoms with van der Waals surface area (Å²) >= 11 is 2.30. The van der Waals surface area contributed by atoms with Gasteiger partial charge in [-0.15, -0.1) is 0 Å². The van der Waals surface area contributed by atoms with Crippen molar-refractivity contribution in [3.8, 4) is 0 Å². The first-order valence-corrected chi connectivity index (χ1v) is 3.71. The number of rotatable bonds is 3. The van der Waals surface area contributed by atoms with Gasteiger partial charge in [0.15, 0.2) is 0 Å². The second-order valence-electron chi connectivity index (χ2n) is 1.13. The smallest absolute Gasteiger partial charge is 0.0479 e. The van der Waals surface area contributed by atoms with Gasteiger partial charge in [-0.25, -0.2) is 0 Å². The van der Waals surface area contributed by atoms with Gasteiger partial charge in [-0.2, -0.15) is 0 Å². The van der Waals surface area contributed by atoms with Crippen LogP contribution in [0.4, 0.5) is 0 Å². The van der Waals surface area contributed by atoms with Gasteiger partial charge in [-0.05, 0) is 13.0 Å². The number of nitrogens with one attached hydrogen (secondary N) is 1. The van der Waals surface area contributed by atoms with Crippen LogP contribution in [0.1, 0.15) is 13.3 Å². The predicted molar refractivity (Wildman–Crippen MR) is 37.2 cm³/mol. The minimum absolute atomic E-state index is 1.08. The summed E-state index contributed by atoms with van der Waals surface area (Å²) in [4.78, 5) is 0. The molecule has 0 rings (SSSR count). The van der Waals surface area contributed by atoms with E-state index in [1.54, 1.807) is 0 Å². The predicted octanol–water partition coefficient (Wildman–Crippen LogP) is 1.38. The number of hydrogen-bond acceptors (Lipinski definition) is 1.